The van der Waals surface area contributed by atoms with Crippen LogP contribution in [0.15, 0.2) is 24.3 Å². The SMILES string of the molecule is NC(=O)c1nc2c(s1)CCc1ccccc1-2. The van der Waals surface area contributed by atoms with Crippen molar-refractivity contribution in [2.75, 3.05) is 0 Å². The van der Waals surface area contributed by atoms with Gasteiger partial charge in [0.25, 0.3) is 5.91 Å². The highest BCUT2D eigenvalue weighted by molar-refractivity contribution is 7.14. The van der Waals surface area contributed by atoms with Gasteiger partial charge < -0.3 is 5.73 Å². The van der Waals surface area contributed by atoms with Crippen molar-refractivity contribution in [1.82, 2.24) is 4.98 Å². The van der Waals surface area contributed by atoms with E-state index < -0.39 is 5.91 Å². The number of carbonyl (C=O) groups is 1. The zero-order valence-electron chi connectivity index (χ0n) is 8.56. The molecule has 1 aliphatic carbocycles. The van der Waals surface area contributed by atoms with Crippen LogP contribution in [0.3, 0.4) is 0 Å². The Morgan fingerprint density at radius 1 is 1.31 bits per heavy atom. The average molecular weight is 230 g/mol. The molecule has 3 rings (SSSR count). The van der Waals surface area contributed by atoms with Gasteiger partial charge in [0.2, 0.25) is 0 Å². The van der Waals surface area contributed by atoms with E-state index in [0.717, 1.165) is 24.1 Å². The average Bonchev–Trinajstić information content (AvgIpc) is 2.73. The van der Waals surface area contributed by atoms with Crippen molar-refractivity contribution in [1.29, 1.82) is 0 Å². The molecule has 1 heterocycles. The molecule has 4 heteroatoms. The van der Waals surface area contributed by atoms with E-state index in [2.05, 4.69) is 17.1 Å². The van der Waals surface area contributed by atoms with Gasteiger partial charge in [0.1, 0.15) is 0 Å². The monoisotopic (exact) mass is 230 g/mol. The second-order valence-electron chi connectivity index (χ2n) is 3.81. The van der Waals surface area contributed by atoms with Gasteiger partial charge in [-0.25, -0.2) is 4.98 Å². The van der Waals surface area contributed by atoms with Crippen LogP contribution in [0.4, 0.5) is 0 Å². The molecule has 2 aromatic rings. The molecule has 0 aliphatic heterocycles. The number of benzene rings is 1. The molecule has 1 aliphatic rings. The maximum atomic E-state index is 11.1. The highest BCUT2D eigenvalue weighted by Crippen LogP contribution is 2.35. The van der Waals surface area contributed by atoms with E-state index in [9.17, 15) is 4.79 Å². The summed E-state index contributed by atoms with van der Waals surface area (Å²) in [5.41, 5.74) is 8.65. The van der Waals surface area contributed by atoms with E-state index in [1.807, 2.05) is 12.1 Å². The Hall–Kier alpha value is -1.68. The smallest absolute Gasteiger partial charge is 0.277 e. The number of amides is 1. The van der Waals surface area contributed by atoms with Crippen molar-refractivity contribution in [2.24, 2.45) is 5.73 Å². The minimum Gasteiger partial charge on any atom is -0.364 e. The third kappa shape index (κ3) is 1.34. The quantitative estimate of drug-likeness (QED) is 0.814. The van der Waals surface area contributed by atoms with Gasteiger partial charge >= 0.3 is 0 Å². The molecule has 0 bridgehead atoms. The molecular weight excluding hydrogens is 220 g/mol. The van der Waals surface area contributed by atoms with Gasteiger partial charge in [0.15, 0.2) is 5.01 Å². The Labute approximate surface area is 96.9 Å². The lowest BCUT2D eigenvalue weighted by Gasteiger charge is -2.13. The summed E-state index contributed by atoms with van der Waals surface area (Å²) in [6.45, 7) is 0. The van der Waals surface area contributed by atoms with E-state index in [4.69, 9.17) is 5.73 Å². The Morgan fingerprint density at radius 2 is 2.12 bits per heavy atom. The number of nitrogens with zero attached hydrogens (tertiary/aromatic N) is 1. The first kappa shape index (κ1) is 9.54. The number of hydrogen-bond donors (Lipinski definition) is 1. The van der Waals surface area contributed by atoms with Crippen molar-refractivity contribution in [3.63, 3.8) is 0 Å². The number of primary amides is 1. The fourth-order valence-corrected chi connectivity index (χ4v) is 2.98. The van der Waals surface area contributed by atoms with Gasteiger partial charge in [-0.05, 0) is 18.4 Å². The van der Waals surface area contributed by atoms with Gasteiger partial charge in [0.05, 0.1) is 5.69 Å². The van der Waals surface area contributed by atoms with Crippen molar-refractivity contribution in [3.8, 4) is 11.3 Å². The lowest BCUT2D eigenvalue weighted by molar-refractivity contribution is 0.1000. The molecular formula is C12H10N2OS. The maximum Gasteiger partial charge on any atom is 0.277 e. The van der Waals surface area contributed by atoms with Crippen LogP contribution in [0.5, 0.6) is 0 Å². The van der Waals surface area contributed by atoms with Crippen LogP contribution in [-0.4, -0.2) is 10.9 Å². The van der Waals surface area contributed by atoms with Crippen LogP contribution >= 0.6 is 11.3 Å². The summed E-state index contributed by atoms with van der Waals surface area (Å²) < 4.78 is 0. The van der Waals surface area contributed by atoms with Crippen LogP contribution < -0.4 is 5.73 Å². The second kappa shape index (κ2) is 3.42. The molecule has 0 saturated heterocycles. The van der Waals surface area contributed by atoms with Crippen LogP contribution in [-0.2, 0) is 12.8 Å². The molecule has 0 unspecified atom stereocenters. The Bertz CT molecular complexity index is 574. The van der Waals surface area contributed by atoms with Crippen LogP contribution in [0, 0.1) is 0 Å². The van der Waals surface area contributed by atoms with Gasteiger partial charge in [-0.1, -0.05) is 24.3 Å². The number of carbonyl (C=O) groups excluding carboxylic acids is 1. The molecule has 1 aromatic heterocycles. The first-order valence-corrected chi connectivity index (χ1v) is 5.95. The highest BCUT2D eigenvalue weighted by Gasteiger charge is 2.21. The first-order valence-electron chi connectivity index (χ1n) is 5.13. The van der Waals surface area contributed by atoms with E-state index in [-0.39, 0.29) is 0 Å². The van der Waals surface area contributed by atoms with E-state index >= 15 is 0 Å². The summed E-state index contributed by atoms with van der Waals surface area (Å²) >= 11 is 1.42. The molecule has 1 amide bonds. The zero-order valence-corrected chi connectivity index (χ0v) is 9.38. The standard InChI is InChI=1S/C12H10N2OS/c13-11(15)12-14-10-8-4-2-1-3-7(8)5-6-9(10)16-12/h1-4H,5-6H2,(H2,13,15). The fourth-order valence-electron chi connectivity index (χ4n) is 2.05. The normalized spacial score (nSPS) is 13.0. The minimum atomic E-state index is -0.433. The second-order valence-corrected chi connectivity index (χ2v) is 4.90. The van der Waals surface area contributed by atoms with Crippen molar-refractivity contribution in [3.05, 3.63) is 39.7 Å². The highest BCUT2D eigenvalue weighted by atomic mass is 32.1. The minimum absolute atomic E-state index is 0.418. The molecule has 0 saturated carbocycles. The fraction of sp³-hybridized carbons (Fsp3) is 0.167. The molecule has 80 valence electrons. The van der Waals surface area contributed by atoms with Gasteiger partial charge in [-0.2, -0.15) is 0 Å². The van der Waals surface area contributed by atoms with Crippen LogP contribution in [0.25, 0.3) is 11.3 Å². The maximum absolute atomic E-state index is 11.1. The molecule has 3 nitrogen and oxygen atoms in total. The van der Waals surface area contributed by atoms with Crippen molar-refractivity contribution >= 4 is 17.2 Å². The Morgan fingerprint density at radius 3 is 2.94 bits per heavy atom. The summed E-state index contributed by atoms with van der Waals surface area (Å²) in [7, 11) is 0. The summed E-state index contributed by atoms with van der Waals surface area (Å²) in [5.74, 6) is -0.433. The number of rotatable bonds is 1. The van der Waals surface area contributed by atoms with Crippen molar-refractivity contribution < 1.29 is 4.79 Å². The van der Waals surface area contributed by atoms with Crippen molar-refractivity contribution in [2.45, 2.75) is 12.8 Å². The van der Waals surface area contributed by atoms with Crippen LogP contribution in [0.1, 0.15) is 20.2 Å². The lowest BCUT2D eigenvalue weighted by atomic mass is 9.94. The predicted molar refractivity (Wildman–Crippen MR) is 63.5 cm³/mol. The van der Waals surface area contributed by atoms with Crippen LogP contribution in [0.2, 0.25) is 0 Å². The molecule has 0 spiro atoms. The number of aromatic nitrogens is 1. The summed E-state index contributed by atoms with van der Waals surface area (Å²) in [6, 6.07) is 8.20. The lowest BCUT2D eigenvalue weighted by Crippen LogP contribution is -2.10. The number of fused-ring (bicyclic) bond motifs is 3. The largest absolute Gasteiger partial charge is 0.364 e. The summed E-state index contributed by atoms with van der Waals surface area (Å²) in [5, 5.41) is 0.418. The summed E-state index contributed by atoms with van der Waals surface area (Å²) in [6.07, 6.45) is 1.97. The molecule has 2 N–H and O–H groups in total. The molecule has 0 atom stereocenters. The summed E-state index contributed by atoms with van der Waals surface area (Å²) in [4.78, 5) is 16.6. The molecule has 16 heavy (non-hydrogen) atoms. The van der Waals surface area contributed by atoms with E-state index in [1.54, 1.807) is 0 Å². The Balaban J connectivity index is 2.20. The molecule has 0 radical (unpaired) electrons. The van der Waals surface area contributed by atoms with Gasteiger partial charge in [0, 0.05) is 10.4 Å². The first-order chi connectivity index (χ1) is 7.75. The van der Waals surface area contributed by atoms with Gasteiger partial charge in [-0.15, -0.1) is 11.3 Å². The third-order valence-corrected chi connectivity index (χ3v) is 3.93. The van der Waals surface area contributed by atoms with E-state index in [1.165, 1.54) is 21.8 Å². The number of thiazole rings is 1. The zero-order chi connectivity index (χ0) is 11.1. The van der Waals surface area contributed by atoms with Gasteiger partial charge in [-0.3, -0.25) is 4.79 Å². The number of aryl methyl sites for hydroxylation is 2. The predicted octanol–water partition coefficient (Wildman–Crippen LogP) is 2.01. The number of nitrogens with two attached hydrogens (primary N) is 1. The third-order valence-electron chi connectivity index (χ3n) is 2.80. The molecule has 0 fully saturated rings. The topological polar surface area (TPSA) is 56.0 Å². The number of hydrogen-bond acceptors (Lipinski definition) is 3. The Kier molecular flexibility index (Phi) is 2.04. The van der Waals surface area contributed by atoms with E-state index in [0.29, 0.717) is 5.01 Å². The molecule has 1 aromatic carbocycles.